The number of ether oxygens (including phenoxy) is 3. The zero-order valence-corrected chi connectivity index (χ0v) is 22.0. The standard InChI is InChI=1S/C32H24FNO7/c1-2-34-27-14-10-21(29(35)18-39-31(37)20-8-12-23(33)13-9-20)16-25(27)26-17-22(11-15-28(26)34)30(36)19-40-32(38)41-24-6-4-3-5-7-24/h3-17H,2,18-19H2,1H3. The van der Waals surface area contributed by atoms with Crippen molar-refractivity contribution < 1.29 is 37.8 Å². The molecule has 206 valence electrons. The van der Waals surface area contributed by atoms with Crippen LogP contribution in [0.5, 0.6) is 5.75 Å². The van der Waals surface area contributed by atoms with Crippen molar-refractivity contribution in [3.8, 4) is 5.75 Å². The number of Topliss-reactive ketones (excluding diaryl/α,β-unsaturated/α-hetero) is 2. The first-order chi connectivity index (χ1) is 19.8. The molecule has 1 heterocycles. The van der Waals surface area contributed by atoms with E-state index in [0.29, 0.717) is 23.4 Å². The number of hydrogen-bond donors (Lipinski definition) is 0. The number of aryl methyl sites for hydroxylation is 1. The van der Waals surface area contributed by atoms with Gasteiger partial charge in [-0.15, -0.1) is 0 Å². The second-order valence-electron chi connectivity index (χ2n) is 9.09. The Labute approximate surface area is 233 Å². The number of nitrogens with zero attached hydrogens (tertiary/aromatic N) is 1. The maximum atomic E-state index is 13.1. The molecular weight excluding hydrogens is 529 g/mol. The van der Waals surface area contributed by atoms with Gasteiger partial charge in [-0.2, -0.15) is 0 Å². The van der Waals surface area contributed by atoms with Gasteiger partial charge in [-0.1, -0.05) is 18.2 Å². The Morgan fingerprint density at radius 2 is 1.22 bits per heavy atom. The van der Waals surface area contributed by atoms with Gasteiger partial charge in [-0.05, 0) is 79.7 Å². The Hall–Kier alpha value is -5.31. The Balaban J connectivity index is 1.34. The van der Waals surface area contributed by atoms with Crippen LogP contribution in [0.15, 0.2) is 91.0 Å². The molecule has 0 atom stereocenters. The molecule has 0 amide bonds. The molecule has 1 aromatic heterocycles. The van der Waals surface area contributed by atoms with Crippen LogP contribution in [-0.4, -0.2) is 41.5 Å². The molecule has 0 N–H and O–H groups in total. The average molecular weight is 554 g/mol. The van der Waals surface area contributed by atoms with Crippen LogP contribution in [0.2, 0.25) is 0 Å². The largest absolute Gasteiger partial charge is 0.514 e. The van der Waals surface area contributed by atoms with E-state index < -0.39 is 42.7 Å². The van der Waals surface area contributed by atoms with Gasteiger partial charge < -0.3 is 18.8 Å². The first-order valence-corrected chi connectivity index (χ1v) is 12.8. The zero-order chi connectivity index (χ0) is 28.9. The van der Waals surface area contributed by atoms with Crippen molar-refractivity contribution in [2.75, 3.05) is 13.2 Å². The summed E-state index contributed by atoms with van der Waals surface area (Å²) in [6, 6.07) is 23.5. The molecule has 9 heteroatoms. The van der Waals surface area contributed by atoms with Crippen molar-refractivity contribution in [1.29, 1.82) is 0 Å². The predicted octanol–water partition coefficient (Wildman–Crippen LogP) is 6.39. The van der Waals surface area contributed by atoms with Gasteiger partial charge in [0, 0.05) is 39.5 Å². The molecule has 0 aliphatic heterocycles. The van der Waals surface area contributed by atoms with E-state index in [1.807, 2.05) is 6.92 Å². The summed E-state index contributed by atoms with van der Waals surface area (Å²) < 4.78 is 30.3. The van der Waals surface area contributed by atoms with Crippen LogP contribution in [-0.2, 0) is 16.0 Å². The van der Waals surface area contributed by atoms with Crippen molar-refractivity contribution in [3.63, 3.8) is 0 Å². The maximum absolute atomic E-state index is 13.1. The number of fused-ring (bicyclic) bond motifs is 3. The van der Waals surface area contributed by atoms with Gasteiger partial charge in [0.05, 0.1) is 5.56 Å². The van der Waals surface area contributed by atoms with Gasteiger partial charge in [0.2, 0.25) is 0 Å². The summed E-state index contributed by atoms with van der Waals surface area (Å²) in [6.07, 6.45) is -0.989. The second-order valence-corrected chi connectivity index (χ2v) is 9.09. The minimum absolute atomic E-state index is 0.134. The van der Waals surface area contributed by atoms with Crippen LogP contribution < -0.4 is 4.74 Å². The number of benzene rings is 4. The smallest absolute Gasteiger partial charge is 0.454 e. The monoisotopic (exact) mass is 553 g/mol. The first-order valence-electron chi connectivity index (χ1n) is 12.8. The van der Waals surface area contributed by atoms with E-state index in [1.165, 1.54) is 12.1 Å². The fourth-order valence-electron chi connectivity index (χ4n) is 4.50. The quantitative estimate of drug-likeness (QED) is 0.118. The number of esters is 1. The van der Waals surface area contributed by atoms with Gasteiger partial charge >= 0.3 is 12.1 Å². The fourth-order valence-corrected chi connectivity index (χ4v) is 4.50. The summed E-state index contributed by atoms with van der Waals surface area (Å²) >= 11 is 0. The van der Waals surface area contributed by atoms with E-state index in [2.05, 4.69) is 4.57 Å². The molecule has 0 unspecified atom stereocenters. The highest BCUT2D eigenvalue weighted by molar-refractivity contribution is 6.13. The number of para-hydroxylation sites is 1. The summed E-state index contributed by atoms with van der Waals surface area (Å²) in [6.45, 7) is 1.63. The highest BCUT2D eigenvalue weighted by Crippen LogP contribution is 2.31. The van der Waals surface area contributed by atoms with Crippen LogP contribution in [0.25, 0.3) is 21.8 Å². The van der Waals surface area contributed by atoms with Gasteiger partial charge in [-0.25, -0.2) is 14.0 Å². The van der Waals surface area contributed by atoms with Gasteiger partial charge in [0.15, 0.2) is 24.8 Å². The minimum Gasteiger partial charge on any atom is -0.454 e. The molecule has 41 heavy (non-hydrogen) atoms. The molecule has 0 radical (unpaired) electrons. The average Bonchev–Trinajstić information content (AvgIpc) is 3.31. The van der Waals surface area contributed by atoms with E-state index in [-0.39, 0.29) is 5.56 Å². The van der Waals surface area contributed by atoms with E-state index >= 15 is 0 Å². The topological polar surface area (TPSA) is 101 Å². The van der Waals surface area contributed by atoms with Crippen LogP contribution >= 0.6 is 0 Å². The Kier molecular flexibility index (Phi) is 7.87. The Bertz CT molecular complexity index is 1780. The first kappa shape index (κ1) is 27.3. The molecule has 0 aliphatic carbocycles. The Morgan fingerprint density at radius 1 is 0.683 bits per heavy atom. The fraction of sp³-hybridized carbons (Fsp3) is 0.125. The van der Waals surface area contributed by atoms with Crippen molar-refractivity contribution in [1.82, 2.24) is 4.57 Å². The lowest BCUT2D eigenvalue weighted by Crippen LogP contribution is -2.17. The van der Waals surface area contributed by atoms with Crippen LogP contribution in [0.3, 0.4) is 0 Å². The molecule has 8 nitrogen and oxygen atoms in total. The molecule has 0 fully saturated rings. The normalized spacial score (nSPS) is 10.9. The van der Waals surface area contributed by atoms with E-state index in [4.69, 9.17) is 14.2 Å². The second kappa shape index (κ2) is 11.8. The maximum Gasteiger partial charge on any atom is 0.514 e. The number of rotatable bonds is 9. The van der Waals surface area contributed by atoms with Crippen LogP contribution in [0.4, 0.5) is 9.18 Å². The SMILES string of the molecule is CCn1c2ccc(C(=O)COC(=O)Oc3ccccc3)cc2c2cc(C(=O)COC(=O)c3ccc(F)cc3)ccc21. The molecule has 0 aliphatic rings. The highest BCUT2D eigenvalue weighted by atomic mass is 19.1. The molecule has 5 aromatic rings. The van der Waals surface area contributed by atoms with Gasteiger partial charge in [-0.3, -0.25) is 9.59 Å². The number of carbonyl (C=O) groups excluding carboxylic acids is 4. The summed E-state index contributed by atoms with van der Waals surface area (Å²) in [4.78, 5) is 50.0. The summed E-state index contributed by atoms with van der Waals surface area (Å²) in [5, 5.41) is 1.47. The summed E-state index contributed by atoms with van der Waals surface area (Å²) in [7, 11) is 0. The number of halogens is 1. The third-order valence-corrected chi connectivity index (χ3v) is 6.50. The zero-order valence-electron chi connectivity index (χ0n) is 22.0. The highest BCUT2D eigenvalue weighted by Gasteiger charge is 2.18. The number of ketones is 2. The Morgan fingerprint density at radius 3 is 1.78 bits per heavy atom. The summed E-state index contributed by atoms with van der Waals surface area (Å²) in [5.41, 5.74) is 2.49. The number of carbonyl (C=O) groups is 4. The lowest BCUT2D eigenvalue weighted by Gasteiger charge is -2.06. The third kappa shape index (κ3) is 5.99. The van der Waals surface area contributed by atoms with Crippen molar-refractivity contribution in [2.24, 2.45) is 0 Å². The predicted molar refractivity (Wildman–Crippen MR) is 149 cm³/mol. The molecule has 0 saturated carbocycles. The van der Waals surface area contributed by atoms with E-state index in [9.17, 15) is 23.6 Å². The third-order valence-electron chi connectivity index (χ3n) is 6.50. The van der Waals surface area contributed by atoms with E-state index in [0.717, 1.165) is 33.9 Å². The summed E-state index contributed by atoms with van der Waals surface area (Å²) in [5.74, 6) is -1.76. The number of hydrogen-bond acceptors (Lipinski definition) is 7. The van der Waals surface area contributed by atoms with Gasteiger partial charge in [0.1, 0.15) is 11.6 Å². The number of aromatic nitrogens is 1. The molecular formula is C32H24FNO7. The van der Waals surface area contributed by atoms with Crippen molar-refractivity contribution in [3.05, 3.63) is 114 Å². The lowest BCUT2D eigenvalue weighted by molar-refractivity contribution is 0.0474. The molecule has 4 aromatic carbocycles. The minimum atomic E-state index is -0.989. The van der Waals surface area contributed by atoms with Gasteiger partial charge in [0.25, 0.3) is 0 Å². The molecule has 0 spiro atoms. The lowest BCUT2D eigenvalue weighted by atomic mass is 10.0. The molecule has 5 rings (SSSR count). The molecule has 0 saturated heterocycles. The van der Waals surface area contributed by atoms with E-state index in [1.54, 1.807) is 66.7 Å². The van der Waals surface area contributed by atoms with Crippen molar-refractivity contribution >= 4 is 45.5 Å². The molecule has 0 bridgehead atoms. The van der Waals surface area contributed by atoms with Crippen molar-refractivity contribution in [2.45, 2.75) is 13.5 Å². The van der Waals surface area contributed by atoms with Crippen LogP contribution in [0.1, 0.15) is 38.0 Å². The van der Waals surface area contributed by atoms with Crippen LogP contribution in [0, 0.1) is 5.82 Å².